The van der Waals surface area contributed by atoms with Crippen LogP contribution in [0.2, 0.25) is 0 Å². The van der Waals surface area contributed by atoms with Crippen LogP contribution in [0.1, 0.15) is 43.5 Å². The van der Waals surface area contributed by atoms with Crippen molar-refractivity contribution in [3.63, 3.8) is 0 Å². The fourth-order valence-electron chi connectivity index (χ4n) is 4.45. The zero-order valence-corrected chi connectivity index (χ0v) is 22.1. The summed E-state index contributed by atoms with van der Waals surface area (Å²) in [6.45, 7) is 7.23. The van der Waals surface area contributed by atoms with E-state index in [1.165, 1.54) is 4.90 Å². The number of carbonyl (C=O) groups excluding carboxylic acids is 2. The number of methoxy groups -OCH3 is 1. The van der Waals surface area contributed by atoms with Gasteiger partial charge in [0.25, 0.3) is 11.7 Å². The van der Waals surface area contributed by atoms with Crippen LogP contribution < -0.4 is 14.2 Å². The molecule has 0 aromatic heterocycles. The molecule has 0 saturated carbocycles. The molecule has 1 atom stereocenters. The van der Waals surface area contributed by atoms with Crippen LogP contribution in [0.15, 0.2) is 78.4 Å². The van der Waals surface area contributed by atoms with Crippen LogP contribution in [0.4, 0.5) is 0 Å². The van der Waals surface area contributed by atoms with Crippen molar-refractivity contribution in [1.82, 2.24) is 4.90 Å². The van der Waals surface area contributed by atoms with Gasteiger partial charge in [-0.2, -0.15) is 0 Å². The Hall–Kier alpha value is -4.26. The van der Waals surface area contributed by atoms with Crippen molar-refractivity contribution in [2.24, 2.45) is 5.92 Å². The van der Waals surface area contributed by atoms with Gasteiger partial charge in [0.05, 0.1) is 38.5 Å². The molecule has 1 unspecified atom stereocenters. The molecular formula is C31H33NO6. The van der Waals surface area contributed by atoms with Crippen molar-refractivity contribution in [2.45, 2.75) is 33.4 Å². The Balaban J connectivity index is 1.77. The maximum absolute atomic E-state index is 13.4. The second-order valence-corrected chi connectivity index (χ2v) is 9.47. The predicted molar refractivity (Wildman–Crippen MR) is 145 cm³/mol. The largest absolute Gasteiger partial charge is 0.507 e. The Labute approximate surface area is 223 Å². The number of hydrogen-bond acceptors (Lipinski definition) is 6. The van der Waals surface area contributed by atoms with Gasteiger partial charge in [0.15, 0.2) is 0 Å². The number of Topliss-reactive ketones (excluding diaryl/α,β-unsaturated/α-hetero) is 1. The van der Waals surface area contributed by atoms with Gasteiger partial charge in [-0.1, -0.05) is 44.2 Å². The topological polar surface area (TPSA) is 85.3 Å². The molecular weight excluding hydrogens is 482 g/mol. The third-order valence-corrected chi connectivity index (χ3v) is 6.29. The minimum atomic E-state index is -0.799. The Morgan fingerprint density at radius 3 is 2.18 bits per heavy atom. The first-order valence-electron chi connectivity index (χ1n) is 12.7. The highest BCUT2D eigenvalue weighted by molar-refractivity contribution is 6.46. The summed E-state index contributed by atoms with van der Waals surface area (Å²) < 4.78 is 16.8. The lowest BCUT2D eigenvalue weighted by atomic mass is 9.95. The number of ketones is 1. The molecule has 0 radical (unpaired) electrons. The number of aliphatic hydroxyl groups is 1. The summed E-state index contributed by atoms with van der Waals surface area (Å²) >= 11 is 0. The SMILES string of the molecule is CCOc1ccc(C2/C(=C(\O)c3ccc(OCC(C)C)cc3)C(=O)C(=O)N2Cc2ccccc2OC)cc1. The number of amides is 1. The number of carbonyl (C=O) groups is 2. The third-order valence-electron chi connectivity index (χ3n) is 6.29. The van der Waals surface area contributed by atoms with Crippen molar-refractivity contribution >= 4 is 17.4 Å². The lowest BCUT2D eigenvalue weighted by molar-refractivity contribution is -0.140. The smallest absolute Gasteiger partial charge is 0.295 e. The Morgan fingerprint density at radius 2 is 1.55 bits per heavy atom. The summed E-state index contributed by atoms with van der Waals surface area (Å²) in [4.78, 5) is 28.2. The molecule has 1 N–H and O–H groups in total. The van der Waals surface area contributed by atoms with E-state index in [4.69, 9.17) is 14.2 Å². The molecule has 198 valence electrons. The summed E-state index contributed by atoms with van der Waals surface area (Å²) in [5.41, 5.74) is 1.89. The van der Waals surface area contributed by atoms with Crippen LogP contribution in [-0.4, -0.2) is 42.0 Å². The van der Waals surface area contributed by atoms with Crippen molar-refractivity contribution in [3.8, 4) is 17.2 Å². The number of benzene rings is 3. The molecule has 7 heteroatoms. The fraction of sp³-hybridized carbons (Fsp3) is 0.290. The number of hydrogen-bond donors (Lipinski definition) is 1. The Kier molecular flexibility index (Phi) is 8.36. The van der Waals surface area contributed by atoms with Crippen molar-refractivity contribution in [1.29, 1.82) is 0 Å². The number of rotatable bonds is 10. The Morgan fingerprint density at radius 1 is 0.921 bits per heavy atom. The summed E-state index contributed by atoms with van der Waals surface area (Å²) in [6.07, 6.45) is 0. The van der Waals surface area contributed by atoms with Crippen LogP contribution >= 0.6 is 0 Å². The van der Waals surface area contributed by atoms with E-state index in [0.717, 1.165) is 5.56 Å². The van der Waals surface area contributed by atoms with Crippen LogP contribution in [-0.2, 0) is 16.1 Å². The van der Waals surface area contributed by atoms with Gasteiger partial charge in [-0.05, 0) is 60.9 Å². The summed E-state index contributed by atoms with van der Waals surface area (Å²) in [5.74, 6) is 0.655. The van der Waals surface area contributed by atoms with E-state index in [9.17, 15) is 14.7 Å². The molecule has 0 bridgehead atoms. The average Bonchev–Trinajstić information content (AvgIpc) is 3.17. The normalized spacial score (nSPS) is 16.7. The molecule has 1 heterocycles. The van der Waals surface area contributed by atoms with E-state index in [0.29, 0.717) is 47.5 Å². The number of ether oxygens (including phenoxy) is 3. The summed E-state index contributed by atoms with van der Waals surface area (Å²) in [5, 5.41) is 11.4. The first-order chi connectivity index (χ1) is 18.3. The summed E-state index contributed by atoms with van der Waals surface area (Å²) in [7, 11) is 1.56. The molecule has 0 spiro atoms. The van der Waals surface area contributed by atoms with E-state index in [1.807, 2.05) is 37.3 Å². The highest BCUT2D eigenvalue weighted by Gasteiger charge is 2.46. The van der Waals surface area contributed by atoms with E-state index in [1.54, 1.807) is 49.6 Å². The molecule has 1 aliphatic heterocycles. The maximum atomic E-state index is 13.4. The van der Waals surface area contributed by atoms with Crippen molar-refractivity contribution < 1.29 is 28.9 Å². The molecule has 1 fully saturated rings. The monoisotopic (exact) mass is 515 g/mol. The minimum Gasteiger partial charge on any atom is -0.507 e. The lowest BCUT2D eigenvalue weighted by Crippen LogP contribution is -2.29. The van der Waals surface area contributed by atoms with Crippen LogP contribution in [0, 0.1) is 5.92 Å². The highest BCUT2D eigenvalue weighted by Crippen LogP contribution is 2.41. The second kappa shape index (κ2) is 11.9. The van der Waals surface area contributed by atoms with Gasteiger partial charge in [-0.3, -0.25) is 9.59 Å². The molecule has 7 nitrogen and oxygen atoms in total. The fourth-order valence-corrected chi connectivity index (χ4v) is 4.45. The molecule has 1 amide bonds. The number of likely N-dealkylation sites (tertiary alicyclic amines) is 1. The minimum absolute atomic E-state index is 0.0323. The van der Waals surface area contributed by atoms with Gasteiger partial charge < -0.3 is 24.2 Å². The molecule has 1 saturated heterocycles. The van der Waals surface area contributed by atoms with Crippen LogP contribution in [0.5, 0.6) is 17.2 Å². The van der Waals surface area contributed by atoms with Crippen LogP contribution in [0.3, 0.4) is 0 Å². The molecule has 3 aromatic carbocycles. The molecule has 0 aliphatic carbocycles. The first kappa shape index (κ1) is 26.8. The number of para-hydroxylation sites is 1. The number of nitrogens with zero attached hydrogens (tertiary/aromatic N) is 1. The average molecular weight is 516 g/mol. The van der Waals surface area contributed by atoms with Gasteiger partial charge in [-0.15, -0.1) is 0 Å². The first-order valence-corrected chi connectivity index (χ1v) is 12.7. The summed E-state index contributed by atoms with van der Waals surface area (Å²) in [6, 6.07) is 20.6. The predicted octanol–water partition coefficient (Wildman–Crippen LogP) is 5.75. The van der Waals surface area contributed by atoms with Gasteiger partial charge in [0, 0.05) is 11.1 Å². The standard InChI is InChI=1S/C31H33NO6/c1-5-37-24-14-10-21(11-15-24)28-27(29(33)22-12-16-25(17-13-22)38-19-20(2)3)30(34)31(35)32(28)18-23-8-6-7-9-26(23)36-4/h6-17,20,28,33H,5,18-19H2,1-4H3/b29-27+. The van der Waals surface area contributed by atoms with E-state index in [-0.39, 0.29) is 17.9 Å². The van der Waals surface area contributed by atoms with Crippen molar-refractivity contribution in [3.05, 3.63) is 95.1 Å². The van der Waals surface area contributed by atoms with Gasteiger partial charge >= 0.3 is 0 Å². The molecule has 38 heavy (non-hydrogen) atoms. The zero-order chi connectivity index (χ0) is 27.2. The maximum Gasteiger partial charge on any atom is 0.295 e. The Bertz CT molecular complexity index is 1310. The molecule has 1 aliphatic rings. The third kappa shape index (κ3) is 5.67. The van der Waals surface area contributed by atoms with E-state index >= 15 is 0 Å². The van der Waals surface area contributed by atoms with Gasteiger partial charge in [0.2, 0.25) is 0 Å². The molecule has 4 rings (SSSR count). The van der Waals surface area contributed by atoms with E-state index in [2.05, 4.69) is 13.8 Å². The van der Waals surface area contributed by atoms with Gasteiger partial charge in [0.1, 0.15) is 23.0 Å². The lowest BCUT2D eigenvalue weighted by Gasteiger charge is -2.26. The van der Waals surface area contributed by atoms with Crippen LogP contribution in [0.25, 0.3) is 5.76 Å². The van der Waals surface area contributed by atoms with Crippen molar-refractivity contribution in [2.75, 3.05) is 20.3 Å². The molecule has 3 aromatic rings. The van der Waals surface area contributed by atoms with E-state index < -0.39 is 17.7 Å². The zero-order valence-electron chi connectivity index (χ0n) is 22.1. The number of aliphatic hydroxyl groups excluding tert-OH is 1. The highest BCUT2D eigenvalue weighted by atomic mass is 16.5. The van der Waals surface area contributed by atoms with Gasteiger partial charge in [-0.25, -0.2) is 0 Å². The quantitative estimate of drug-likeness (QED) is 0.210. The second-order valence-electron chi connectivity index (χ2n) is 9.47.